The monoisotopic (exact) mass is 252 g/mol. The predicted octanol–water partition coefficient (Wildman–Crippen LogP) is 2.62. The lowest BCUT2D eigenvalue weighted by Gasteiger charge is -2.18. The van der Waals surface area contributed by atoms with E-state index in [0.29, 0.717) is 19.8 Å². The molecule has 0 amide bonds. The van der Waals surface area contributed by atoms with Crippen molar-refractivity contribution in [3.63, 3.8) is 0 Å². The van der Waals surface area contributed by atoms with Gasteiger partial charge in [-0.2, -0.15) is 0 Å². The molecule has 1 unspecified atom stereocenters. The first-order chi connectivity index (χ1) is 8.61. The van der Waals surface area contributed by atoms with E-state index < -0.39 is 5.79 Å². The third-order valence-corrected chi connectivity index (χ3v) is 2.64. The van der Waals surface area contributed by atoms with Crippen LogP contribution in [0.25, 0.3) is 0 Å². The maximum Gasteiger partial charge on any atom is 0.163 e. The van der Waals surface area contributed by atoms with Gasteiger partial charge in [0, 0.05) is 0 Å². The molecule has 1 heterocycles. The van der Waals surface area contributed by atoms with Gasteiger partial charge in [0.15, 0.2) is 17.3 Å². The van der Waals surface area contributed by atoms with Crippen LogP contribution in [0.4, 0.5) is 0 Å². The molecule has 0 spiro atoms. The second-order valence-corrected chi connectivity index (χ2v) is 4.64. The van der Waals surface area contributed by atoms with Gasteiger partial charge in [-0.3, -0.25) is 0 Å². The molecule has 4 nitrogen and oxygen atoms in total. The van der Waals surface area contributed by atoms with E-state index >= 15 is 0 Å². The smallest absolute Gasteiger partial charge is 0.163 e. The molecule has 18 heavy (non-hydrogen) atoms. The van der Waals surface area contributed by atoms with Crippen LogP contribution in [-0.4, -0.2) is 31.7 Å². The lowest BCUT2D eigenvalue weighted by Crippen LogP contribution is -2.25. The van der Waals surface area contributed by atoms with Crippen molar-refractivity contribution >= 4 is 0 Å². The Morgan fingerprint density at radius 3 is 2.44 bits per heavy atom. The third kappa shape index (κ3) is 3.37. The number of rotatable bonds is 5. The SMILES string of the molecule is CCOc1ccccc1OCC1COC(C)(C)O1. The minimum atomic E-state index is -0.506. The van der Waals surface area contributed by atoms with Crippen molar-refractivity contribution in [1.82, 2.24) is 0 Å². The second-order valence-electron chi connectivity index (χ2n) is 4.64. The molecular weight excluding hydrogens is 232 g/mol. The molecular formula is C14H20O4. The van der Waals surface area contributed by atoms with E-state index in [1.807, 2.05) is 45.0 Å². The molecule has 100 valence electrons. The largest absolute Gasteiger partial charge is 0.490 e. The Bertz CT molecular complexity index is 389. The fourth-order valence-corrected chi connectivity index (χ4v) is 1.87. The Labute approximate surface area is 108 Å². The van der Waals surface area contributed by atoms with Crippen LogP contribution in [0.15, 0.2) is 24.3 Å². The summed E-state index contributed by atoms with van der Waals surface area (Å²) >= 11 is 0. The van der Waals surface area contributed by atoms with Crippen LogP contribution < -0.4 is 9.47 Å². The van der Waals surface area contributed by atoms with Crippen molar-refractivity contribution in [2.24, 2.45) is 0 Å². The molecule has 1 aliphatic rings. The average Bonchev–Trinajstić information content (AvgIpc) is 2.68. The highest BCUT2D eigenvalue weighted by atomic mass is 16.7. The number of ether oxygens (including phenoxy) is 4. The summed E-state index contributed by atoms with van der Waals surface area (Å²) in [6.45, 7) is 7.41. The topological polar surface area (TPSA) is 36.9 Å². The van der Waals surface area contributed by atoms with Crippen LogP contribution in [0, 0.1) is 0 Å². The summed E-state index contributed by atoms with van der Waals surface area (Å²) < 4.78 is 22.4. The molecule has 0 aromatic heterocycles. The number of hydrogen-bond donors (Lipinski definition) is 0. The van der Waals surface area contributed by atoms with Crippen LogP contribution >= 0.6 is 0 Å². The van der Waals surface area contributed by atoms with E-state index in [9.17, 15) is 0 Å². The normalized spacial score (nSPS) is 21.8. The Morgan fingerprint density at radius 1 is 1.22 bits per heavy atom. The fraction of sp³-hybridized carbons (Fsp3) is 0.571. The Kier molecular flexibility index (Phi) is 4.09. The van der Waals surface area contributed by atoms with E-state index in [4.69, 9.17) is 18.9 Å². The Morgan fingerprint density at radius 2 is 1.89 bits per heavy atom. The summed E-state index contributed by atoms with van der Waals surface area (Å²) in [4.78, 5) is 0. The van der Waals surface area contributed by atoms with Crippen molar-refractivity contribution in [3.8, 4) is 11.5 Å². The molecule has 1 aromatic rings. The van der Waals surface area contributed by atoms with E-state index in [2.05, 4.69) is 0 Å². The van der Waals surface area contributed by atoms with Crippen molar-refractivity contribution < 1.29 is 18.9 Å². The van der Waals surface area contributed by atoms with E-state index in [1.54, 1.807) is 0 Å². The highest BCUT2D eigenvalue weighted by Gasteiger charge is 2.33. The van der Waals surface area contributed by atoms with Gasteiger partial charge in [-0.15, -0.1) is 0 Å². The average molecular weight is 252 g/mol. The maximum absolute atomic E-state index is 5.74. The van der Waals surface area contributed by atoms with Crippen molar-refractivity contribution in [2.45, 2.75) is 32.7 Å². The number of benzene rings is 1. The third-order valence-electron chi connectivity index (χ3n) is 2.64. The summed E-state index contributed by atoms with van der Waals surface area (Å²) in [5.41, 5.74) is 0. The zero-order valence-electron chi connectivity index (χ0n) is 11.1. The van der Waals surface area contributed by atoms with Crippen molar-refractivity contribution in [2.75, 3.05) is 19.8 Å². The molecule has 1 aliphatic heterocycles. The lowest BCUT2D eigenvalue weighted by atomic mass is 10.3. The Balaban J connectivity index is 1.90. The summed E-state index contributed by atoms with van der Waals surface area (Å²) in [5.74, 6) is 0.999. The molecule has 0 N–H and O–H groups in total. The zero-order chi connectivity index (χ0) is 13.0. The van der Waals surface area contributed by atoms with Gasteiger partial charge >= 0.3 is 0 Å². The quantitative estimate of drug-likeness (QED) is 0.807. The van der Waals surface area contributed by atoms with E-state index in [1.165, 1.54) is 0 Å². The molecule has 1 fully saturated rings. The van der Waals surface area contributed by atoms with Crippen molar-refractivity contribution in [1.29, 1.82) is 0 Å². The zero-order valence-corrected chi connectivity index (χ0v) is 11.1. The molecule has 0 aliphatic carbocycles. The summed E-state index contributed by atoms with van der Waals surface area (Å²) in [5, 5.41) is 0. The fourth-order valence-electron chi connectivity index (χ4n) is 1.87. The Hall–Kier alpha value is -1.26. The molecule has 0 saturated carbocycles. The van der Waals surface area contributed by atoms with Gasteiger partial charge in [0.25, 0.3) is 0 Å². The van der Waals surface area contributed by atoms with Gasteiger partial charge in [0.2, 0.25) is 0 Å². The molecule has 2 rings (SSSR count). The van der Waals surface area contributed by atoms with Gasteiger partial charge in [-0.05, 0) is 32.9 Å². The first kappa shape index (κ1) is 13.2. The van der Waals surface area contributed by atoms with Gasteiger partial charge in [0.1, 0.15) is 12.7 Å². The number of hydrogen-bond acceptors (Lipinski definition) is 4. The van der Waals surface area contributed by atoms with Crippen LogP contribution in [0.3, 0.4) is 0 Å². The molecule has 1 atom stereocenters. The first-order valence-corrected chi connectivity index (χ1v) is 6.27. The second kappa shape index (κ2) is 5.59. The highest BCUT2D eigenvalue weighted by Crippen LogP contribution is 2.28. The van der Waals surface area contributed by atoms with Crippen molar-refractivity contribution in [3.05, 3.63) is 24.3 Å². The first-order valence-electron chi connectivity index (χ1n) is 6.27. The van der Waals surface area contributed by atoms with Gasteiger partial charge in [0.05, 0.1) is 13.2 Å². The predicted molar refractivity (Wildman–Crippen MR) is 68.0 cm³/mol. The molecule has 4 heteroatoms. The standard InChI is InChI=1S/C14H20O4/c1-4-15-12-7-5-6-8-13(12)16-9-11-10-17-14(2,3)18-11/h5-8,11H,4,9-10H2,1-3H3. The summed E-state index contributed by atoms with van der Waals surface area (Å²) in [7, 11) is 0. The summed E-state index contributed by atoms with van der Waals surface area (Å²) in [6.07, 6.45) is -0.0327. The molecule has 0 radical (unpaired) electrons. The van der Waals surface area contributed by atoms with Crippen LogP contribution in [0.2, 0.25) is 0 Å². The van der Waals surface area contributed by atoms with Gasteiger partial charge in [-0.1, -0.05) is 12.1 Å². The summed E-state index contributed by atoms with van der Waals surface area (Å²) in [6, 6.07) is 7.64. The van der Waals surface area contributed by atoms with Crippen LogP contribution in [-0.2, 0) is 9.47 Å². The van der Waals surface area contributed by atoms with E-state index in [-0.39, 0.29) is 6.10 Å². The molecule has 0 bridgehead atoms. The van der Waals surface area contributed by atoms with Gasteiger partial charge < -0.3 is 18.9 Å². The lowest BCUT2D eigenvalue weighted by molar-refractivity contribution is -0.141. The van der Waals surface area contributed by atoms with Gasteiger partial charge in [-0.25, -0.2) is 0 Å². The minimum absolute atomic E-state index is 0.0327. The van der Waals surface area contributed by atoms with E-state index in [0.717, 1.165) is 11.5 Å². The maximum atomic E-state index is 5.74. The minimum Gasteiger partial charge on any atom is -0.490 e. The van der Waals surface area contributed by atoms with Crippen LogP contribution in [0.1, 0.15) is 20.8 Å². The molecule has 1 saturated heterocycles. The molecule has 1 aromatic carbocycles. The van der Waals surface area contributed by atoms with Crippen LogP contribution in [0.5, 0.6) is 11.5 Å². The highest BCUT2D eigenvalue weighted by molar-refractivity contribution is 5.39. The number of para-hydroxylation sites is 2.